The lowest BCUT2D eigenvalue weighted by Crippen LogP contribution is -2.14. The molecule has 0 saturated carbocycles. The van der Waals surface area contributed by atoms with E-state index in [4.69, 9.17) is 5.26 Å². The van der Waals surface area contributed by atoms with Crippen molar-refractivity contribution in [3.63, 3.8) is 0 Å². The minimum Gasteiger partial charge on any atom is -0.321 e. The molecule has 1 heterocycles. The van der Waals surface area contributed by atoms with E-state index in [2.05, 4.69) is 26.2 Å². The average molecular weight is 320 g/mol. The van der Waals surface area contributed by atoms with Gasteiger partial charge in [-0.3, -0.25) is 4.79 Å². The molecular weight excluding hydrogens is 313 g/mol. The first-order chi connectivity index (χ1) is 9.11. The zero-order chi connectivity index (χ0) is 13.8. The van der Waals surface area contributed by atoms with E-state index < -0.39 is 11.7 Å². The largest absolute Gasteiger partial charge is 0.321 e. The smallest absolute Gasteiger partial charge is 0.258 e. The Labute approximate surface area is 117 Å². The summed E-state index contributed by atoms with van der Waals surface area (Å²) < 4.78 is 13.4. The molecule has 0 bridgehead atoms. The summed E-state index contributed by atoms with van der Waals surface area (Å²) in [6, 6.07) is 8.61. The molecule has 4 nitrogen and oxygen atoms in total. The van der Waals surface area contributed by atoms with Gasteiger partial charge in [0.15, 0.2) is 0 Å². The summed E-state index contributed by atoms with van der Waals surface area (Å²) in [4.78, 5) is 15.9. The molecule has 0 aliphatic carbocycles. The van der Waals surface area contributed by atoms with Crippen molar-refractivity contribution in [2.24, 2.45) is 0 Å². The Morgan fingerprint density at radius 1 is 1.42 bits per heavy atom. The first-order valence-corrected chi connectivity index (χ1v) is 6.02. The molecule has 1 aromatic heterocycles. The van der Waals surface area contributed by atoms with Gasteiger partial charge in [-0.05, 0) is 46.3 Å². The maximum atomic E-state index is 13.0. The van der Waals surface area contributed by atoms with Gasteiger partial charge >= 0.3 is 0 Å². The first kappa shape index (κ1) is 13.2. The van der Waals surface area contributed by atoms with Crippen molar-refractivity contribution in [2.75, 3.05) is 5.32 Å². The van der Waals surface area contributed by atoms with E-state index in [0.29, 0.717) is 10.2 Å². The minimum atomic E-state index is -0.530. The Balaban J connectivity index is 2.30. The molecular formula is C13H7BrFN3O. The summed E-state index contributed by atoms with van der Waals surface area (Å²) in [5.41, 5.74) is 0.647. The zero-order valence-electron chi connectivity index (χ0n) is 9.52. The topological polar surface area (TPSA) is 65.8 Å². The monoisotopic (exact) mass is 319 g/mol. The molecule has 0 saturated heterocycles. The van der Waals surface area contributed by atoms with Gasteiger partial charge in [-0.2, -0.15) is 5.26 Å². The number of anilines is 1. The lowest BCUT2D eigenvalue weighted by atomic mass is 10.1. The van der Waals surface area contributed by atoms with E-state index >= 15 is 0 Å². The van der Waals surface area contributed by atoms with Crippen LogP contribution in [0.4, 0.5) is 10.1 Å². The first-order valence-electron chi connectivity index (χ1n) is 5.23. The number of nitrogens with zero attached hydrogens (tertiary/aromatic N) is 2. The second-order valence-corrected chi connectivity index (χ2v) is 4.35. The van der Waals surface area contributed by atoms with Gasteiger partial charge in [0.1, 0.15) is 16.5 Å². The highest BCUT2D eigenvalue weighted by atomic mass is 79.9. The van der Waals surface area contributed by atoms with E-state index in [1.165, 1.54) is 12.1 Å². The quantitative estimate of drug-likeness (QED) is 0.865. The van der Waals surface area contributed by atoms with Crippen LogP contribution in [0.2, 0.25) is 0 Å². The van der Waals surface area contributed by atoms with Crippen LogP contribution in [-0.4, -0.2) is 10.9 Å². The van der Waals surface area contributed by atoms with Gasteiger partial charge in [-0.15, -0.1) is 0 Å². The predicted molar refractivity (Wildman–Crippen MR) is 71.0 cm³/mol. The molecule has 1 aromatic carbocycles. The number of rotatable bonds is 2. The summed E-state index contributed by atoms with van der Waals surface area (Å²) in [5.74, 6) is -0.958. The fraction of sp³-hybridized carbons (Fsp3) is 0. The highest BCUT2D eigenvalue weighted by Gasteiger charge is 2.12. The molecule has 94 valence electrons. The number of amides is 1. The maximum Gasteiger partial charge on any atom is 0.258 e. The zero-order valence-corrected chi connectivity index (χ0v) is 11.1. The van der Waals surface area contributed by atoms with Crippen LogP contribution in [0.15, 0.2) is 41.1 Å². The van der Waals surface area contributed by atoms with Crippen molar-refractivity contribution in [1.29, 1.82) is 5.26 Å². The van der Waals surface area contributed by atoms with Crippen molar-refractivity contribution in [3.8, 4) is 6.07 Å². The molecule has 0 unspecified atom stereocenters. The second-order valence-electron chi connectivity index (χ2n) is 3.60. The number of pyridine rings is 1. The van der Waals surface area contributed by atoms with Crippen LogP contribution >= 0.6 is 15.9 Å². The van der Waals surface area contributed by atoms with Gasteiger partial charge in [0.05, 0.1) is 16.8 Å². The number of hydrogen-bond acceptors (Lipinski definition) is 3. The van der Waals surface area contributed by atoms with Crippen LogP contribution in [-0.2, 0) is 0 Å². The Bertz CT molecular complexity index is 682. The number of aromatic nitrogens is 1. The van der Waals surface area contributed by atoms with Gasteiger partial charge in [0.2, 0.25) is 0 Å². The van der Waals surface area contributed by atoms with E-state index in [1.807, 2.05) is 6.07 Å². The highest BCUT2D eigenvalue weighted by Crippen LogP contribution is 2.19. The molecule has 0 atom stereocenters. The molecule has 1 N–H and O–H groups in total. The van der Waals surface area contributed by atoms with Crippen molar-refractivity contribution >= 4 is 27.5 Å². The second kappa shape index (κ2) is 5.59. The summed E-state index contributed by atoms with van der Waals surface area (Å²) in [7, 11) is 0. The van der Waals surface area contributed by atoms with Crippen LogP contribution in [0, 0.1) is 17.1 Å². The van der Waals surface area contributed by atoms with E-state index in [1.54, 1.807) is 18.3 Å². The lowest BCUT2D eigenvalue weighted by Gasteiger charge is -2.07. The number of halogens is 2. The number of nitriles is 1. The van der Waals surface area contributed by atoms with E-state index in [0.717, 1.165) is 6.07 Å². The maximum absolute atomic E-state index is 13.0. The Hall–Kier alpha value is -2.26. The summed E-state index contributed by atoms with van der Waals surface area (Å²) >= 11 is 3.16. The van der Waals surface area contributed by atoms with Gasteiger partial charge in [0.25, 0.3) is 5.91 Å². The SMILES string of the molecule is N#Cc1cc(F)ccc1NC(=O)c1cccnc1Br. The van der Waals surface area contributed by atoms with Gasteiger partial charge in [-0.25, -0.2) is 9.37 Å². The van der Waals surface area contributed by atoms with Crippen LogP contribution in [0.3, 0.4) is 0 Å². The van der Waals surface area contributed by atoms with Crippen molar-refractivity contribution in [1.82, 2.24) is 4.98 Å². The Kier molecular flexibility index (Phi) is 3.88. The Morgan fingerprint density at radius 2 is 2.21 bits per heavy atom. The van der Waals surface area contributed by atoms with Gasteiger partial charge in [-0.1, -0.05) is 0 Å². The van der Waals surface area contributed by atoms with Crippen LogP contribution in [0.1, 0.15) is 15.9 Å². The minimum absolute atomic E-state index is 0.0633. The third-order valence-electron chi connectivity index (χ3n) is 2.35. The summed E-state index contributed by atoms with van der Waals surface area (Å²) in [5, 5.41) is 11.4. The van der Waals surface area contributed by atoms with Gasteiger partial charge < -0.3 is 5.32 Å². The van der Waals surface area contributed by atoms with Crippen molar-refractivity contribution in [3.05, 3.63) is 58.1 Å². The van der Waals surface area contributed by atoms with E-state index in [-0.39, 0.29) is 11.3 Å². The fourth-order valence-electron chi connectivity index (χ4n) is 1.46. The van der Waals surface area contributed by atoms with Gasteiger partial charge in [0, 0.05) is 6.20 Å². The normalized spacial score (nSPS) is 9.74. The summed E-state index contributed by atoms with van der Waals surface area (Å²) in [6.45, 7) is 0. The standard InChI is InChI=1S/C13H7BrFN3O/c14-12-10(2-1-5-17-12)13(19)18-11-4-3-9(15)6-8(11)7-16/h1-6H,(H,18,19). The lowest BCUT2D eigenvalue weighted by molar-refractivity contribution is 0.102. The predicted octanol–water partition coefficient (Wildman–Crippen LogP) is 3.11. The van der Waals surface area contributed by atoms with E-state index in [9.17, 15) is 9.18 Å². The average Bonchev–Trinajstić information content (AvgIpc) is 2.41. The third kappa shape index (κ3) is 2.95. The third-order valence-corrected chi connectivity index (χ3v) is 2.99. The molecule has 6 heteroatoms. The number of nitrogens with one attached hydrogen (secondary N) is 1. The fourth-order valence-corrected chi connectivity index (χ4v) is 1.89. The van der Waals surface area contributed by atoms with Crippen LogP contribution in [0.25, 0.3) is 0 Å². The van der Waals surface area contributed by atoms with Crippen LogP contribution in [0.5, 0.6) is 0 Å². The number of carbonyl (C=O) groups is 1. The molecule has 2 aromatic rings. The molecule has 0 radical (unpaired) electrons. The molecule has 0 aliphatic heterocycles. The molecule has 19 heavy (non-hydrogen) atoms. The molecule has 0 spiro atoms. The Morgan fingerprint density at radius 3 is 2.89 bits per heavy atom. The molecule has 0 aliphatic rings. The van der Waals surface area contributed by atoms with Crippen LogP contribution < -0.4 is 5.32 Å². The van der Waals surface area contributed by atoms with Crippen molar-refractivity contribution < 1.29 is 9.18 Å². The number of hydrogen-bond donors (Lipinski definition) is 1. The molecule has 2 rings (SSSR count). The van der Waals surface area contributed by atoms with Crippen molar-refractivity contribution in [2.45, 2.75) is 0 Å². The molecule has 0 fully saturated rings. The number of benzene rings is 1. The highest BCUT2D eigenvalue weighted by molar-refractivity contribution is 9.10. The number of carbonyl (C=O) groups excluding carboxylic acids is 1. The molecule has 1 amide bonds. The summed E-state index contributed by atoms with van der Waals surface area (Å²) in [6.07, 6.45) is 1.54.